The molecule has 1 heterocycles. The van der Waals surface area contributed by atoms with Crippen LogP contribution < -0.4 is 5.32 Å². The summed E-state index contributed by atoms with van der Waals surface area (Å²) in [5.74, 6) is 0.866. The molecule has 1 fully saturated rings. The minimum absolute atomic E-state index is 0.483. The molecule has 78 valence electrons. The van der Waals surface area contributed by atoms with Gasteiger partial charge in [0, 0.05) is 0 Å². The molecule has 0 amide bonds. The molecule has 0 aromatic rings. The highest BCUT2D eigenvalue weighted by Crippen LogP contribution is 2.30. The van der Waals surface area contributed by atoms with Crippen molar-refractivity contribution in [3.63, 3.8) is 0 Å². The van der Waals surface area contributed by atoms with Gasteiger partial charge in [0.25, 0.3) is 0 Å². The zero-order chi connectivity index (χ0) is 9.73. The van der Waals surface area contributed by atoms with Crippen LogP contribution in [0.25, 0.3) is 0 Å². The van der Waals surface area contributed by atoms with E-state index in [1.54, 1.807) is 0 Å². The lowest BCUT2D eigenvalue weighted by atomic mass is 9.78. The summed E-state index contributed by atoms with van der Waals surface area (Å²) in [5, 5.41) is 3.58. The lowest BCUT2D eigenvalue weighted by Gasteiger charge is -2.30. The van der Waals surface area contributed by atoms with E-state index in [-0.39, 0.29) is 0 Å². The Labute approximate surface area is 83.3 Å². The molecular weight excluding hydrogens is 158 g/mol. The first kappa shape index (κ1) is 11.0. The molecule has 0 aliphatic carbocycles. The van der Waals surface area contributed by atoms with Crippen molar-refractivity contribution in [1.29, 1.82) is 0 Å². The molecule has 1 N–H and O–H groups in total. The van der Waals surface area contributed by atoms with E-state index in [2.05, 4.69) is 26.1 Å². The largest absolute Gasteiger partial charge is 0.316 e. The number of hydrogen-bond donors (Lipinski definition) is 1. The molecule has 1 rings (SSSR count). The summed E-state index contributed by atoms with van der Waals surface area (Å²) in [6.07, 6.45) is 7.08. The highest BCUT2D eigenvalue weighted by molar-refractivity contribution is 4.76. The zero-order valence-corrected chi connectivity index (χ0v) is 9.53. The standard InChI is InChI=1S/C12H25N/c1-12(2,3)11-8-6-4-5-7-9-13-10-11/h11,13H,4-10H2,1-3H3. The second kappa shape index (κ2) is 4.99. The van der Waals surface area contributed by atoms with Crippen molar-refractivity contribution < 1.29 is 0 Å². The summed E-state index contributed by atoms with van der Waals surface area (Å²) >= 11 is 0. The fourth-order valence-corrected chi connectivity index (χ4v) is 2.11. The van der Waals surface area contributed by atoms with Crippen LogP contribution in [0.4, 0.5) is 0 Å². The molecule has 1 atom stereocenters. The van der Waals surface area contributed by atoms with Crippen LogP contribution in [0, 0.1) is 11.3 Å². The van der Waals surface area contributed by atoms with Crippen molar-refractivity contribution in [3.05, 3.63) is 0 Å². The Bertz CT molecular complexity index is 125. The van der Waals surface area contributed by atoms with Gasteiger partial charge in [-0.2, -0.15) is 0 Å². The second-order valence-electron chi connectivity index (χ2n) is 5.47. The maximum absolute atomic E-state index is 3.58. The molecule has 1 aliphatic rings. The van der Waals surface area contributed by atoms with Crippen LogP contribution in [-0.2, 0) is 0 Å². The van der Waals surface area contributed by atoms with Crippen LogP contribution in [0.3, 0.4) is 0 Å². The fourth-order valence-electron chi connectivity index (χ4n) is 2.11. The summed E-state index contributed by atoms with van der Waals surface area (Å²) in [7, 11) is 0. The quantitative estimate of drug-likeness (QED) is 0.608. The van der Waals surface area contributed by atoms with Crippen LogP contribution >= 0.6 is 0 Å². The second-order valence-corrected chi connectivity index (χ2v) is 5.47. The fraction of sp³-hybridized carbons (Fsp3) is 1.00. The predicted octanol–water partition coefficient (Wildman–Crippen LogP) is 3.20. The monoisotopic (exact) mass is 183 g/mol. The lowest BCUT2D eigenvalue weighted by Crippen LogP contribution is -2.31. The summed E-state index contributed by atoms with van der Waals surface area (Å²) in [5.41, 5.74) is 0.483. The molecule has 1 unspecified atom stereocenters. The molecule has 1 heteroatoms. The minimum Gasteiger partial charge on any atom is -0.316 e. The van der Waals surface area contributed by atoms with Crippen molar-refractivity contribution in [3.8, 4) is 0 Å². The Kier molecular flexibility index (Phi) is 4.24. The molecule has 1 saturated heterocycles. The Morgan fingerprint density at radius 3 is 2.38 bits per heavy atom. The average molecular weight is 183 g/mol. The SMILES string of the molecule is CC(C)(C)C1CCCCCCNC1. The molecule has 0 aromatic heterocycles. The summed E-state index contributed by atoms with van der Waals surface area (Å²) in [6, 6.07) is 0. The number of nitrogens with one attached hydrogen (secondary N) is 1. The molecule has 1 nitrogen and oxygen atoms in total. The van der Waals surface area contributed by atoms with E-state index in [4.69, 9.17) is 0 Å². The Morgan fingerprint density at radius 2 is 1.69 bits per heavy atom. The van der Waals surface area contributed by atoms with Crippen LogP contribution in [-0.4, -0.2) is 13.1 Å². The van der Waals surface area contributed by atoms with E-state index < -0.39 is 0 Å². The van der Waals surface area contributed by atoms with Crippen molar-refractivity contribution >= 4 is 0 Å². The van der Waals surface area contributed by atoms with Gasteiger partial charge in [-0.25, -0.2) is 0 Å². The topological polar surface area (TPSA) is 12.0 Å². The number of rotatable bonds is 0. The van der Waals surface area contributed by atoms with Crippen LogP contribution in [0.15, 0.2) is 0 Å². The first-order chi connectivity index (χ1) is 6.11. The molecule has 0 spiro atoms. The molecule has 13 heavy (non-hydrogen) atoms. The summed E-state index contributed by atoms with van der Waals surface area (Å²) in [4.78, 5) is 0. The van der Waals surface area contributed by atoms with E-state index >= 15 is 0 Å². The Hall–Kier alpha value is -0.0400. The van der Waals surface area contributed by atoms with Crippen molar-refractivity contribution in [2.45, 2.75) is 52.9 Å². The normalized spacial score (nSPS) is 27.5. The third-order valence-electron chi connectivity index (χ3n) is 3.27. The van der Waals surface area contributed by atoms with Gasteiger partial charge in [0.2, 0.25) is 0 Å². The van der Waals surface area contributed by atoms with E-state index in [9.17, 15) is 0 Å². The molecule has 0 radical (unpaired) electrons. The van der Waals surface area contributed by atoms with Gasteiger partial charge in [-0.05, 0) is 37.3 Å². The van der Waals surface area contributed by atoms with Gasteiger partial charge in [0.05, 0.1) is 0 Å². The first-order valence-corrected chi connectivity index (χ1v) is 5.81. The van der Waals surface area contributed by atoms with Gasteiger partial charge in [0.1, 0.15) is 0 Å². The van der Waals surface area contributed by atoms with E-state index in [0.29, 0.717) is 5.41 Å². The molecule has 0 saturated carbocycles. The van der Waals surface area contributed by atoms with E-state index in [0.717, 1.165) is 5.92 Å². The maximum Gasteiger partial charge on any atom is -0.00155 e. The Morgan fingerprint density at radius 1 is 1.00 bits per heavy atom. The summed E-state index contributed by atoms with van der Waals surface area (Å²) < 4.78 is 0. The van der Waals surface area contributed by atoms with Crippen LogP contribution in [0.2, 0.25) is 0 Å². The van der Waals surface area contributed by atoms with Gasteiger partial charge in [-0.1, -0.05) is 40.0 Å². The third-order valence-corrected chi connectivity index (χ3v) is 3.27. The zero-order valence-electron chi connectivity index (χ0n) is 9.53. The van der Waals surface area contributed by atoms with Crippen molar-refractivity contribution in [1.82, 2.24) is 5.32 Å². The maximum atomic E-state index is 3.58. The molecule has 0 bridgehead atoms. The van der Waals surface area contributed by atoms with Gasteiger partial charge in [-0.15, -0.1) is 0 Å². The number of hydrogen-bond acceptors (Lipinski definition) is 1. The van der Waals surface area contributed by atoms with Crippen molar-refractivity contribution in [2.24, 2.45) is 11.3 Å². The smallest absolute Gasteiger partial charge is 0.00155 e. The average Bonchev–Trinajstić information content (AvgIpc) is 2.14. The summed E-state index contributed by atoms with van der Waals surface area (Å²) in [6.45, 7) is 9.57. The predicted molar refractivity (Wildman–Crippen MR) is 58.9 cm³/mol. The van der Waals surface area contributed by atoms with Gasteiger partial charge in [0.15, 0.2) is 0 Å². The Balaban J connectivity index is 2.41. The lowest BCUT2D eigenvalue weighted by molar-refractivity contribution is 0.217. The van der Waals surface area contributed by atoms with Gasteiger partial charge < -0.3 is 5.32 Å². The van der Waals surface area contributed by atoms with Crippen molar-refractivity contribution in [2.75, 3.05) is 13.1 Å². The highest BCUT2D eigenvalue weighted by atomic mass is 14.9. The molecule has 1 aliphatic heterocycles. The van der Waals surface area contributed by atoms with E-state index in [1.165, 1.54) is 45.2 Å². The molecule has 0 aromatic carbocycles. The first-order valence-electron chi connectivity index (χ1n) is 5.81. The third kappa shape index (κ3) is 4.12. The van der Waals surface area contributed by atoms with Gasteiger partial charge >= 0.3 is 0 Å². The van der Waals surface area contributed by atoms with Crippen LogP contribution in [0.1, 0.15) is 52.9 Å². The highest BCUT2D eigenvalue weighted by Gasteiger charge is 2.23. The minimum atomic E-state index is 0.483. The van der Waals surface area contributed by atoms with E-state index in [1.807, 2.05) is 0 Å². The van der Waals surface area contributed by atoms with Crippen LogP contribution in [0.5, 0.6) is 0 Å². The molecular formula is C12H25N. The van der Waals surface area contributed by atoms with Gasteiger partial charge in [-0.3, -0.25) is 0 Å².